The summed E-state index contributed by atoms with van der Waals surface area (Å²) in [4.78, 5) is 35.3. The number of nitrogens with zero attached hydrogens (tertiary/aromatic N) is 1. The summed E-state index contributed by atoms with van der Waals surface area (Å²) < 4.78 is 47.7. The van der Waals surface area contributed by atoms with Crippen molar-refractivity contribution < 1.29 is 32.4 Å². The van der Waals surface area contributed by atoms with E-state index in [2.05, 4.69) is 5.32 Å². The lowest BCUT2D eigenvalue weighted by atomic mass is 9.98. The third-order valence-electron chi connectivity index (χ3n) is 4.28. The molecule has 0 saturated heterocycles. The van der Waals surface area contributed by atoms with Crippen molar-refractivity contribution in [3.63, 3.8) is 0 Å². The van der Waals surface area contributed by atoms with E-state index in [4.69, 9.17) is 4.74 Å². The van der Waals surface area contributed by atoms with Gasteiger partial charge in [-0.05, 0) is 25.5 Å². The van der Waals surface area contributed by atoms with Crippen LogP contribution in [0.25, 0.3) is 0 Å². The topological polar surface area (TPSA) is 98.5 Å². The summed E-state index contributed by atoms with van der Waals surface area (Å²) in [5.74, 6) is -8.14. The summed E-state index contributed by atoms with van der Waals surface area (Å²) in [6.07, 6.45) is 2.02. The largest absolute Gasteiger partial charge is 0.462 e. The number of nitrogens with one attached hydrogen (secondary N) is 1. The van der Waals surface area contributed by atoms with Gasteiger partial charge in [-0.1, -0.05) is 31.5 Å². The van der Waals surface area contributed by atoms with E-state index < -0.39 is 56.5 Å². The molecule has 31 heavy (non-hydrogen) atoms. The van der Waals surface area contributed by atoms with Gasteiger partial charge in [-0.25, -0.2) is 13.6 Å². The number of carbonyl (C=O) groups is 2. The molecular weight excluding hydrogens is 417 g/mol. The van der Waals surface area contributed by atoms with Crippen molar-refractivity contribution in [2.45, 2.75) is 26.7 Å². The fourth-order valence-electron chi connectivity index (χ4n) is 2.57. The molecular formula is C21H19F3N2O5. The van der Waals surface area contributed by atoms with Crippen LogP contribution < -0.4 is 5.32 Å². The molecule has 164 valence electrons. The zero-order chi connectivity index (χ0) is 23.1. The number of hydrogen-bond donors (Lipinski definition) is 1. The minimum Gasteiger partial charge on any atom is -0.462 e. The van der Waals surface area contributed by atoms with Crippen LogP contribution in [0.2, 0.25) is 0 Å². The molecule has 2 rings (SSSR count). The molecule has 0 aromatic heterocycles. The van der Waals surface area contributed by atoms with Crippen molar-refractivity contribution in [2.75, 3.05) is 11.9 Å². The smallest absolute Gasteiger partial charge is 0.343 e. The minimum absolute atomic E-state index is 0.0628. The van der Waals surface area contributed by atoms with E-state index in [1.807, 2.05) is 6.92 Å². The van der Waals surface area contributed by atoms with E-state index in [0.717, 1.165) is 13.1 Å². The molecule has 0 aliphatic heterocycles. The second kappa shape index (κ2) is 10.4. The SMILES string of the molecule is CCCCOC(=O)C(=CNc1ccccc1)C(=O)c1c(F)c(C)c(F)c(F)c1[N+](=O)[O-]. The van der Waals surface area contributed by atoms with Crippen molar-refractivity contribution >= 4 is 23.1 Å². The maximum atomic E-state index is 14.7. The fraction of sp³-hybridized carbons (Fsp3) is 0.238. The Morgan fingerprint density at radius 1 is 1.13 bits per heavy atom. The molecule has 10 heteroatoms. The van der Waals surface area contributed by atoms with Crippen LogP contribution in [0.4, 0.5) is 24.5 Å². The first-order valence-electron chi connectivity index (χ1n) is 9.25. The van der Waals surface area contributed by atoms with E-state index >= 15 is 0 Å². The number of Topliss-reactive ketones (excluding diaryl/α,β-unsaturated/α-hetero) is 1. The molecule has 0 aliphatic carbocycles. The summed E-state index contributed by atoms with van der Waals surface area (Å²) in [6, 6.07) is 8.20. The van der Waals surface area contributed by atoms with Crippen molar-refractivity contribution in [2.24, 2.45) is 0 Å². The number of benzene rings is 2. The maximum absolute atomic E-state index is 14.7. The lowest BCUT2D eigenvalue weighted by Gasteiger charge is -2.12. The van der Waals surface area contributed by atoms with Gasteiger partial charge in [0.05, 0.1) is 11.5 Å². The van der Waals surface area contributed by atoms with Crippen LogP contribution in [-0.4, -0.2) is 23.3 Å². The molecule has 0 saturated carbocycles. The molecule has 0 aliphatic rings. The summed E-state index contributed by atoms with van der Waals surface area (Å²) in [5, 5.41) is 13.9. The van der Waals surface area contributed by atoms with Gasteiger partial charge in [0.25, 0.3) is 0 Å². The van der Waals surface area contributed by atoms with Gasteiger partial charge in [0.15, 0.2) is 5.82 Å². The highest BCUT2D eigenvalue weighted by molar-refractivity contribution is 6.25. The molecule has 7 nitrogen and oxygen atoms in total. The third-order valence-corrected chi connectivity index (χ3v) is 4.28. The van der Waals surface area contributed by atoms with Crippen molar-refractivity contribution in [3.8, 4) is 0 Å². The van der Waals surface area contributed by atoms with Crippen LogP contribution in [0.1, 0.15) is 35.7 Å². The Morgan fingerprint density at radius 3 is 2.35 bits per heavy atom. The highest BCUT2D eigenvalue weighted by Crippen LogP contribution is 2.32. The number of ether oxygens (including phenoxy) is 1. The van der Waals surface area contributed by atoms with Gasteiger partial charge in [-0.3, -0.25) is 14.9 Å². The average molecular weight is 436 g/mol. The lowest BCUT2D eigenvalue weighted by Crippen LogP contribution is -2.21. The van der Waals surface area contributed by atoms with Crippen LogP contribution in [0, 0.1) is 34.5 Å². The standard InChI is InChI=1S/C21H19F3N2O5/c1-3-4-10-31-21(28)14(11-25-13-8-6-5-7-9-13)20(27)15-16(22)12(2)17(23)18(24)19(15)26(29)30/h5-9,11,25H,3-4,10H2,1-2H3. The molecule has 0 fully saturated rings. The number of carbonyl (C=O) groups excluding carboxylic acids is 2. The number of anilines is 1. The molecule has 2 aromatic rings. The zero-order valence-corrected chi connectivity index (χ0v) is 16.7. The van der Waals surface area contributed by atoms with Crippen molar-refractivity contribution in [1.82, 2.24) is 0 Å². The summed E-state index contributed by atoms with van der Waals surface area (Å²) >= 11 is 0. The predicted octanol–water partition coefficient (Wildman–Crippen LogP) is 4.84. The average Bonchev–Trinajstić information content (AvgIpc) is 2.75. The van der Waals surface area contributed by atoms with E-state index in [0.29, 0.717) is 18.5 Å². The first-order valence-corrected chi connectivity index (χ1v) is 9.25. The van der Waals surface area contributed by atoms with Gasteiger partial charge in [-0.2, -0.15) is 4.39 Å². The van der Waals surface area contributed by atoms with Crippen LogP contribution in [0.3, 0.4) is 0 Å². The molecule has 2 aromatic carbocycles. The zero-order valence-electron chi connectivity index (χ0n) is 16.7. The highest BCUT2D eigenvalue weighted by atomic mass is 19.2. The Bertz CT molecular complexity index is 1040. The number of nitro groups is 1. The van der Waals surface area contributed by atoms with E-state index in [-0.39, 0.29) is 6.61 Å². The van der Waals surface area contributed by atoms with Gasteiger partial charge < -0.3 is 10.1 Å². The second-order valence-electron chi connectivity index (χ2n) is 6.43. The van der Waals surface area contributed by atoms with Crippen LogP contribution in [0.15, 0.2) is 42.1 Å². The van der Waals surface area contributed by atoms with Crippen LogP contribution in [-0.2, 0) is 9.53 Å². The van der Waals surface area contributed by atoms with E-state index in [1.165, 1.54) is 0 Å². The van der Waals surface area contributed by atoms with Gasteiger partial charge in [0.1, 0.15) is 17.0 Å². The summed E-state index contributed by atoms with van der Waals surface area (Å²) in [6.45, 7) is 2.58. The van der Waals surface area contributed by atoms with Crippen molar-refractivity contribution in [3.05, 3.63) is 80.8 Å². The Hall–Kier alpha value is -3.69. The normalized spacial score (nSPS) is 11.2. The number of halogens is 3. The molecule has 0 spiro atoms. The Labute approximate surface area is 175 Å². The minimum atomic E-state index is -2.00. The number of rotatable bonds is 9. The number of esters is 1. The number of nitro benzene ring substituents is 1. The van der Waals surface area contributed by atoms with E-state index in [9.17, 15) is 32.9 Å². The predicted molar refractivity (Wildman–Crippen MR) is 106 cm³/mol. The quantitative estimate of drug-likeness (QED) is 0.0695. The molecule has 1 N–H and O–H groups in total. The Kier molecular flexibility index (Phi) is 7.89. The molecule has 0 atom stereocenters. The molecule has 0 amide bonds. The number of ketones is 1. The number of unbranched alkanes of at least 4 members (excludes halogenated alkanes) is 1. The maximum Gasteiger partial charge on any atom is 0.343 e. The second-order valence-corrected chi connectivity index (χ2v) is 6.43. The Morgan fingerprint density at radius 2 is 1.77 bits per heavy atom. The molecule has 0 unspecified atom stereocenters. The highest BCUT2D eigenvalue weighted by Gasteiger charge is 2.37. The molecule has 0 radical (unpaired) electrons. The monoisotopic (exact) mass is 436 g/mol. The summed E-state index contributed by atoms with van der Waals surface area (Å²) in [7, 11) is 0. The lowest BCUT2D eigenvalue weighted by molar-refractivity contribution is -0.388. The van der Waals surface area contributed by atoms with Crippen LogP contribution in [0.5, 0.6) is 0 Å². The first-order chi connectivity index (χ1) is 14.7. The van der Waals surface area contributed by atoms with E-state index in [1.54, 1.807) is 30.3 Å². The number of para-hydroxylation sites is 1. The molecule has 0 bridgehead atoms. The first kappa shape index (κ1) is 23.6. The van der Waals surface area contributed by atoms with Gasteiger partial charge in [0.2, 0.25) is 11.6 Å². The van der Waals surface area contributed by atoms with Crippen molar-refractivity contribution in [1.29, 1.82) is 0 Å². The van der Waals surface area contributed by atoms with Gasteiger partial charge in [0, 0.05) is 17.5 Å². The summed E-state index contributed by atoms with van der Waals surface area (Å²) in [5.41, 5.74) is -4.37. The van der Waals surface area contributed by atoms with Gasteiger partial charge >= 0.3 is 11.7 Å². The Balaban J connectivity index is 2.59. The van der Waals surface area contributed by atoms with Gasteiger partial charge in [-0.15, -0.1) is 0 Å². The fourth-order valence-corrected chi connectivity index (χ4v) is 2.57. The molecule has 0 heterocycles. The van der Waals surface area contributed by atoms with Crippen LogP contribution >= 0.6 is 0 Å². The number of hydrogen-bond acceptors (Lipinski definition) is 6. The third kappa shape index (κ3) is 5.27.